The lowest BCUT2D eigenvalue weighted by molar-refractivity contribution is 0.437. The summed E-state index contributed by atoms with van der Waals surface area (Å²) in [6.45, 7) is 4.19. The molecule has 0 spiro atoms. The SMILES string of the molecule is CCC(N)Cc1c(Oc2cccc(C)c2)n(C)c2ccccc12. The van der Waals surface area contributed by atoms with Gasteiger partial charge < -0.3 is 15.0 Å². The molecule has 1 atom stereocenters. The molecule has 0 aliphatic carbocycles. The summed E-state index contributed by atoms with van der Waals surface area (Å²) < 4.78 is 8.38. The Bertz CT molecular complexity index is 820. The summed E-state index contributed by atoms with van der Waals surface area (Å²) in [5, 5.41) is 1.22. The Hall–Kier alpha value is -2.26. The van der Waals surface area contributed by atoms with E-state index in [-0.39, 0.29) is 6.04 Å². The van der Waals surface area contributed by atoms with Gasteiger partial charge in [-0.3, -0.25) is 0 Å². The molecule has 120 valence electrons. The van der Waals surface area contributed by atoms with Gasteiger partial charge in [-0.15, -0.1) is 0 Å². The molecule has 0 bridgehead atoms. The van der Waals surface area contributed by atoms with Crippen molar-refractivity contribution >= 4 is 10.9 Å². The minimum Gasteiger partial charge on any atom is -0.441 e. The maximum absolute atomic E-state index is 6.26. The summed E-state index contributed by atoms with van der Waals surface area (Å²) in [7, 11) is 2.05. The number of para-hydroxylation sites is 1. The number of fused-ring (bicyclic) bond motifs is 1. The molecule has 0 fully saturated rings. The van der Waals surface area contributed by atoms with Crippen LogP contribution in [-0.2, 0) is 13.5 Å². The van der Waals surface area contributed by atoms with Gasteiger partial charge in [-0.2, -0.15) is 0 Å². The Balaban J connectivity index is 2.10. The van der Waals surface area contributed by atoms with Gasteiger partial charge in [-0.25, -0.2) is 0 Å². The molecule has 3 aromatic rings. The molecule has 2 N–H and O–H groups in total. The second kappa shape index (κ2) is 6.47. The highest BCUT2D eigenvalue weighted by Crippen LogP contribution is 2.35. The number of hydrogen-bond acceptors (Lipinski definition) is 2. The highest BCUT2D eigenvalue weighted by Gasteiger charge is 2.18. The van der Waals surface area contributed by atoms with Crippen molar-refractivity contribution in [1.82, 2.24) is 4.57 Å². The fraction of sp³-hybridized carbons (Fsp3) is 0.300. The van der Waals surface area contributed by atoms with Crippen LogP contribution in [0.2, 0.25) is 0 Å². The van der Waals surface area contributed by atoms with E-state index >= 15 is 0 Å². The van der Waals surface area contributed by atoms with Gasteiger partial charge in [0.1, 0.15) is 5.75 Å². The normalized spacial score (nSPS) is 12.5. The van der Waals surface area contributed by atoms with Gasteiger partial charge in [-0.05, 0) is 43.5 Å². The number of aryl methyl sites for hydroxylation is 2. The monoisotopic (exact) mass is 308 g/mol. The van der Waals surface area contributed by atoms with E-state index < -0.39 is 0 Å². The number of nitrogens with two attached hydrogens (primary N) is 1. The predicted octanol–water partition coefficient (Wildman–Crippen LogP) is 4.56. The van der Waals surface area contributed by atoms with E-state index in [1.807, 2.05) is 12.1 Å². The Morgan fingerprint density at radius 3 is 2.65 bits per heavy atom. The van der Waals surface area contributed by atoms with Crippen molar-refractivity contribution in [2.24, 2.45) is 12.8 Å². The van der Waals surface area contributed by atoms with Crippen molar-refractivity contribution in [3.63, 3.8) is 0 Å². The molecule has 23 heavy (non-hydrogen) atoms. The van der Waals surface area contributed by atoms with E-state index in [1.165, 1.54) is 22.0 Å². The van der Waals surface area contributed by atoms with Gasteiger partial charge in [0.05, 0.1) is 5.52 Å². The van der Waals surface area contributed by atoms with Crippen LogP contribution in [0.1, 0.15) is 24.5 Å². The lowest BCUT2D eigenvalue weighted by Crippen LogP contribution is -2.21. The molecule has 3 rings (SSSR count). The third-order valence-electron chi connectivity index (χ3n) is 4.35. The number of benzene rings is 2. The average molecular weight is 308 g/mol. The molecule has 0 aliphatic heterocycles. The topological polar surface area (TPSA) is 40.2 Å². The van der Waals surface area contributed by atoms with Gasteiger partial charge in [0.2, 0.25) is 5.88 Å². The molecule has 1 heterocycles. The molecule has 3 nitrogen and oxygen atoms in total. The molecule has 2 aromatic carbocycles. The number of nitrogens with zero attached hydrogens (tertiary/aromatic N) is 1. The van der Waals surface area contributed by atoms with Gasteiger partial charge in [0.25, 0.3) is 0 Å². The maximum Gasteiger partial charge on any atom is 0.204 e. The first-order valence-corrected chi connectivity index (χ1v) is 8.16. The van der Waals surface area contributed by atoms with E-state index in [0.717, 1.165) is 24.5 Å². The number of rotatable bonds is 5. The molecular weight excluding hydrogens is 284 g/mol. The Morgan fingerprint density at radius 1 is 1.13 bits per heavy atom. The number of hydrogen-bond donors (Lipinski definition) is 1. The quantitative estimate of drug-likeness (QED) is 0.750. The first kappa shape index (κ1) is 15.6. The highest BCUT2D eigenvalue weighted by atomic mass is 16.5. The van der Waals surface area contributed by atoms with Crippen LogP contribution < -0.4 is 10.5 Å². The number of ether oxygens (including phenoxy) is 1. The van der Waals surface area contributed by atoms with Crippen molar-refractivity contribution in [3.8, 4) is 11.6 Å². The molecule has 0 saturated heterocycles. The van der Waals surface area contributed by atoms with Crippen molar-refractivity contribution < 1.29 is 4.74 Å². The maximum atomic E-state index is 6.26. The molecule has 0 saturated carbocycles. The van der Waals surface area contributed by atoms with Crippen LogP contribution in [0.3, 0.4) is 0 Å². The second-order valence-electron chi connectivity index (χ2n) is 6.15. The zero-order chi connectivity index (χ0) is 16.4. The Kier molecular flexibility index (Phi) is 4.39. The molecule has 1 aromatic heterocycles. The molecule has 3 heteroatoms. The van der Waals surface area contributed by atoms with Crippen molar-refractivity contribution in [2.75, 3.05) is 0 Å². The van der Waals surface area contributed by atoms with Crippen LogP contribution in [0, 0.1) is 6.92 Å². The van der Waals surface area contributed by atoms with Crippen LogP contribution in [0.4, 0.5) is 0 Å². The van der Waals surface area contributed by atoms with Crippen molar-refractivity contribution in [1.29, 1.82) is 0 Å². The van der Waals surface area contributed by atoms with Crippen LogP contribution in [0.15, 0.2) is 48.5 Å². The summed E-state index contributed by atoms with van der Waals surface area (Å²) in [4.78, 5) is 0. The van der Waals surface area contributed by atoms with Gasteiger partial charge in [0, 0.05) is 24.0 Å². The van der Waals surface area contributed by atoms with E-state index in [0.29, 0.717) is 0 Å². The summed E-state index contributed by atoms with van der Waals surface area (Å²) in [5.74, 6) is 1.75. The van der Waals surface area contributed by atoms with E-state index in [4.69, 9.17) is 10.5 Å². The fourth-order valence-corrected chi connectivity index (χ4v) is 2.97. The van der Waals surface area contributed by atoms with Gasteiger partial charge in [-0.1, -0.05) is 37.3 Å². The average Bonchev–Trinajstić information content (AvgIpc) is 2.81. The minimum atomic E-state index is 0.140. The summed E-state index contributed by atoms with van der Waals surface area (Å²) >= 11 is 0. The summed E-state index contributed by atoms with van der Waals surface area (Å²) in [5.41, 5.74) is 9.78. The van der Waals surface area contributed by atoms with Crippen LogP contribution in [0.25, 0.3) is 10.9 Å². The molecule has 0 radical (unpaired) electrons. The van der Waals surface area contributed by atoms with Crippen LogP contribution in [-0.4, -0.2) is 10.6 Å². The standard InChI is InChI=1S/C20H24N2O/c1-4-15(21)13-18-17-10-5-6-11-19(17)22(3)20(18)23-16-9-7-8-14(2)12-16/h5-12,15H,4,13,21H2,1-3H3. The largest absolute Gasteiger partial charge is 0.441 e. The molecular formula is C20H24N2O. The van der Waals surface area contributed by atoms with E-state index in [1.54, 1.807) is 0 Å². The van der Waals surface area contributed by atoms with Crippen molar-refractivity contribution in [3.05, 3.63) is 59.7 Å². The molecule has 0 amide bonds. The second-order valence-corrected chi connectivity index (χ2v) is 6.15. The van der Waals surface area contributed by atoms with Gasteiger partial charge in [0.15, 0.2) is 0 Å². The lowest BCUT2D eigenvalue weighted by Gasteiger charge is -2.13. The first-order chi connectivity index (χ1) is 11.1. The first-order valence-electron chi connectivity index (χ1n) is 8.16. The zero-order valence-electron chi connectivity index (χ0n) is 14.0. The minimum absolute atomic E-state index is 0.140. The molecule has 1 unspecified atom stereocenters. The highest BCUT2D eigenvalue weighted by molar-refractivity contribution is 5.87. The zero-order valence-corrected chi connectivity index (χ0v) is 14.0. The van der Waals surface area contributed by atoms with Gasteiger partial charge >= 0.3 is 0 Å². The number of aromatic nitrogens is 1. The third kappa shape index (κ3) is 3.10. The van der Waals surface area contributed by atoms with E-state index in [9.17, 15) is 0 Å². The van der Waals surface area contributed by atoms with Crippen LogP contribution >= 0.6 is 0 Å². The summed E-state index contributed by atoms with van der Waals surface area (Å²) in [6, 6.07) is 16.7. The van der Waals surface area contributed by atoms with Crippen molar-refractivity contribution in [2.45, 2.75) is 32.7 Å². The lowest BCUT2D eigenvalue weighted by atomic mass is 10.0. The van der Waals surface area contributed by atoms with E-state index in [2.05, 4.69) is 61.9 Å². The summed E-state index contributed by atoms with van der Waals surface area (Å²) in [6.07, 6.45) is 1.77. The predicted molar refractivity (Wildman–Crippen MR) is 96.1 cm³/mol. The Labute approximate surface area is 137 Å². The fourth-order valence-electron chi connectivity index (χ4n) is 2.97. The smallest absolute Gasteiger partial charge is 0.204 e. The van der Waals surface area contributed by atoms with Crippen LogP contribution in [0.5, 0.6) is 11.6 Å². The Morgan fingerprint density at radius 2 is 1.91 bits per heavy atom. The third-order valence-corrected chi connectivity index (χ3v) is 4.35. The molecule has 0 aliphatic rings.